The van der Waals surface area contributed by atoms with Gasteiger partial charge in [0.2, 0.25) is 10.0 Å². The summed E-state index contributed by atoms with van der Waals surface area (Å²) in [6.07, 6.45) is 3.82. The van der Waals surface area contributed by atoms with Crippen LogP contribution >= 0.6 is 0 Å². The molecular weight excluding hydrogens is 262 g/mol. The van der Waals surface area contributed by atoms with Crippen LogP contribution < -0.4 is 5.32 Å². The van der Waals surface area contributed by atoms with Crippen molar-refractivity contribution in [2.24, 2.45) is 0 Å². The molecule has 2 rings (SSSR count). The summed E-state index contributed by atoms with van der Waals surface area (Å²) in [5, 5.41) is 3.27. The zero-order valence-corrected chi connectivity index (χ0v) is 12.9. The molecule has 108 valence electrons. The second kappa shape index (κ2) is 6.86. The summed E-state index contributed by atoms with van der Waals surface area (Å²) in [6.45, 7) is 7.11. The third-order valence-corrected chi connectivity index (χ3v) is 4.16. The van der Waals surface area contributed by atoms with Gasteiger partial charge in [0.05, 0.1) is 6.26 Å². The van der Waals surface area contributed by atoms with Gasteiger partial charge in [-0.3, -0.25) is 0 Å². The maximum atomic E-state index is 11.4. The van der Waals surface area contributed by atoms with Crippen LogP contribution in [-0.2, 0) is 10.0 Å². The Hall–Kier alpha value is -1.14. The molecule has 0 spiro atoms. The first-order chi connectivity index (χ1) is 8.95. The Balaban J connectivity index is 0.000000861. The van der Waals surface area contributed by atoms with E-state index in [9.17, 15) is 8.42 Å². The fourth-order valence-corrected chi connectivity index (χ4v) is 2.86. The monoisotopic (exact) mass is 285 g/mol. The molecule has 2 heterocycles. The molecule has 1 aromatic heterocycles. The summed E-state index contributed by atoms with van der Waals surface area (Å²) in [5.74, 6) is 0.811. The second-order valence-electron chi connectivity index (χ2n) is 4.47. The van der Waals surface area contributed by atoms with Crippen LogP contribution in [0.2, 0.25) is 0 Å². The Morgan fingerprint density at radius 1 is 1.42 bits per heavy atom. The number of anilines is 1. The summed E-state index contributed by atoms with van der Waals surface area (Å²) in [6, 6.07) is 4.05. The van der Waals surface area contributed by atoms with Gasteiger partial charge >= 0.3 is 0 Å². The Bertz CT molecular complexity index is 502. The lowest BCUT2D eigenvalue weighted by Gasteiger charge is -2.15. The first-order valence-corrected chi connectivity index (χ1v) is 8.44. The van der Waals surface area contributed by atoms with Crippen LogP contribution in [0.3, 0.4) is 0 Å². The molecule has 6 heteroatoms. The molecule has 0 aliphatic carbocycles. The van der Waals surface area contributed by atoms with E-state index in [0.29, 0.717) is 13.1 Å². The molecule has 1 aromatic rings. The molecule has 1 atom stereocenters. The van der Waals surface area contributed by atoms with Crippen LogP contribution in [0.15, 0.2) is 18.3 Å². The van der Waals surface area contributed by atoms with E-state index < -0.39 is 10.0 Å². The highest BCUT2D eigenvalue weighted by atomic mass is 32.2. The van der Waals surface area contributed by atoms with Crippen molar-refractivity contribution in [3.05, 3.63) is 23.9 Å². The molecule has 1 aliphatic rings. The zero-order chi connectivity index (χ0) is 14.5. The summed E-state index contributed by atoms with van der Waals surface area (Å²) in [7, 11) is -3.06. The lowest BCUT2D eigenvalue weighted by Crippen LogP contribution is -2.30. The van der Waals surface area contributed by atoms with Crippen LogP contribution in [0.4, 0.5) is 5.82 Å². The molecule has 1 N–H and O–H groups in total. The van der Waals surface area contributed by atoms with Crippen LogP contribution in [0.25, 0.3) is 0 Å². The number of rotatable bonds is 3. The van der Waals surface area contributed by atoms with Gasteiger partial charge in [0.1, 0.15) is 5.82 Å². The predicted molar refractivity (Wildman–Crippen MR) is 78.8 cm³/mol. The van der Waals surface area contributed by atoms with Crippen molar-refractivity contribution in [2.45, 2.75) is 33.2 Å². The zero-order valence-electron chi connectivity index (χ0n) is 12.0. The lowest BCUT2D eigenvalue weighted by molar-refractivity contribution is 0.480. The van der Waals surface area contributed by atoms with Gasteiger partial charge in [0.25, 0.3) is 0 Å². The molecule has 0 radical (unpaired) electrons. The van der Waals surface area contributed by atoms with Crippen molar-refractivity contribution >= 4 is 15.8 Å². The van der Waals surface area contributed by atoms with Gasteiger partial charge in [-0.05, 0) is 31.0 Å². The molecule has 1 fully saturated rings. The van der Waals surface area contributed by atoms with E-state index in [2.05, 4.69) is 10.3 Å². The maximum absolute atomic E-state index is 11.4. The minimum Gasteiger partial charge on any atom is -0.366 e. The molecule has 1 saturated heterocycles. The number of aryl methyl sites for hydroxylation is 1. The topological polar surface area (TPSA) is 62.3 Å². The Morgan fingerprint density at radius 3 is 2.63 bits per heavy atom. The van der Waals surface area contributed by atoms with E-state index in [-0.39, 0.29) is 6.04 Å². The lowest BCUT2D eigenvalue weighted by atomic mass is 10.2. The highest BCUT2D eigenvalue weighted by Crippen LogP contribution is 2.16. The van der Waals surface area contributed by atoms with E-state index in [0.717, 1.165) is 17.8 Å². The molecule has 19 heavy (non-hydrogen) atoms. The number of hydrogen-bond acceptors (Lipinski definition) is 4. The molecule has 0 bridgehead atoms. The molecule has 1 unspecified atom stereocenters. The Kier molecular flexibility index (Phi) is 5.75. The van der Waals surface area contributed by atoms with E-state index in [1.807, 2.05) is 32.9 Å². The van der Waals surface area contributed by atoms with Crippen LogP contribution in [0.1, 0.15) is 25.8 Å². The normalized spacial score (nSPS) is 19.7. The summed E-state index contributed by atoms with van der Waals surface area (Å²) in [5.41, 5.74) is 1.14. The third kappa shape index (κ3) is 4.80. The van der Waals surface area contributed by atoms with Crippen molar-refractivity contribution in [1.29, 1.82) is 0 Å². The largest absolute Gasteiger partial charge is 0.366 e. The van der Waals surface area contributed by atoms with Crippen molar-refractivity contribution < 1.29 is 8.42 Å². The van der Waals surface area contributed by atoms with Crippen molar-refractivity contribution in [2.75, 3.05) is 24.7 Å². The van der Waals surface area contributed by atoms with E-state index >= 15 is 0 Å². The van der Waals surface area contributed by atoms with Gasteiger partial charge in [-0.1, -0.05) is 13.8 Å². The minimum absolute atomic E-state index is 0.152. The first kappa shape index (κ1) is 15.9. The molecule has 5 nitrogen and oxygen atoms in total. The van der Waals surface area contributed by atoms with Gasteiger partial charge < -0.3 is 5.32 Å². The number of hydrogen-bond donors (Lipinski definition) is 1. The van der Waals surface area contributed by atoms with Crippen LogP contribution in [0, 0.1) is 6.92 Å². The minimum atomic E-state index is -3.06. The predicted octanol–water partition coefficient (Wildman–Crippen LogP) is 1.86. The van der Waals surface area contributed by atoms with Crippen molar-refractivity contribution in [3.8, 4) is 0 Å². The molecule has 0 aromatic carbocycles. The van der Waals surface area contributed by atoms with Gasteiger partial charge in [0, 0.05) is 25.3 Å². The number of aromatic nitrogens is 1. The number of pyridine rings is 1. The first-order valence-electron chi connectivity index (χ1n) is 6.59. The van der Waals surface area contributed by atoms with E-state index in [4.69, 9.17) is 0 Å². The summed E-state index contributed by atoms with van der Waals surface area (Å²) < 4.78 is 24.2. The van der Waals surface area contributed by atoms with E-state index in [1.54, 1.807) is 6.20 Å². The maximum Gasteiger partial charge on any atom is 0.211 e. The number of nitrogens with zero attached hydrogens (tertiary/aromatic N) is 2. The van der Waals surface area contributed by atoms with Gasteiger partial charge in [-0.15, -0.1) is 0 Å². The fraction of sp³-hybridized carbons (Fsp3) is 0.615. The van der Waals surface area contributed by atoms with Crippen molar-refractivity contribution in [1.82, 2.24) is 9.29 Å². The highest BCUT2D eigenvalue weighted by molar-refractivity contribution is 7.88. The molecule has 1 aliphatic heterocycles. The van der Waals surface area contributed by atoms with Crippen molar-refractivity contribution in [3.63, 3.8) is 0 Å². The van der Waals surface area contributed by atoms with Crippen LogP contribution in [0.5, 0.6) is 0 Å². The average molecular weight is 285 g/mol. The Labute approximate surface area is 116 Å². The van der Waals surface area contributed by atoms with Gasteiger partial charge in [0.15, 0.2) is 0 Å². The van der Waals surface area contributed by atoms with Crippen LogP contribution in [-0.4, -0.2) is 43.1 Å². The molecule has 0 saturated carbocycles. The molecule has 0 amide bonds. The fourth-order valence-electron chi connectivity index (χ4n) is 1.97. The highest BCUT2D eigenvalue weighted by Gasteiger charge is 2.28. The quantitative estimate of drug-likeness (QED) is 0.921. The standard InChI is InChI=1S/C11H17N3O2S.C2H6/c1-9-3-5-12-11(7-9)13-10-4-6-14(8-10)17(2,15)16;1-2/h3,5,7,10H,4,6,8H2,1-2H3,(H,12,13);1-2H3. The SMILES string of the molecule is CC.Cc1ccnc(NC2CCN(S(C)(=O)=O)C2)c1. The summed E-state index contributed by atoms with van der Waals surface area (Å²) in [4.78, 5) is 4.21. The Morgan fingerprint density at radius 2 is 2.11 bits per heavy atom. The van der Waals surface area contributed by atoms with Gasteiger partial charge in [-0.2, -0.15) is 0 Å². The molecular formula is C13H23N3O2S. The number of sulfonamides is 1. The second-order valence-corrected chi connectivity index (χ2v) is 6.45. The average Bonchev–Trinajstić information content (AvgIpc) is 2.80. The van der Waals surface area contributed by atoms with Gasteiger partial charge in [-0.25, -0.2) is 17.7 Å². The third-order valence-electron chi connectivity index (χ3n) is 2.89. The summed E-state index contributed by atoms with van der Waals surface area (Å²) >= 11 is 0. The number of nitrogens with one attached hydrogen (secondary N) is 1. The smallest absolute Gasteiger partial charge is 0.211 e. The van der Waals surface area contributed by atoms with E-state index in [1.165, 1.54) is 10.6 Å².